The van der Waals surface area contributed by atoms with Gasteiger partial charge in [0.15, 0.2) is 0 Å². The maximum atomic E-state index is 11.6. The molecule has 2 N–H and O–H groups in total. The molecule has 0 aliphatic rings. The molecule has 1 aromatic rings. The van der Waals surface area contributed by atoms with E-state index < -0.39 is 17.8 Å². The average molecular weight is 367 g/mol. The Kier molecular flexibility index (Phi) is 7.28. The van der Waals surface area contributed by atoms with Crippen molar-refractivity contribution >= 4 is 23.8 Å². The quantitative estimate of drug-likeness (QED) is 0.747. The van der Waals surface area contributed by atoms with E-state index in [2.05, 4.69) is 11.9 Å². The predicted molar refractivity (Wildman–Crippen MR) is 96.6 cm³/mol. The van der Waals surface area contributed by atoms with Gasteiger partial charge in [0.1, 0.15) is 24.0 Å². The standard InChI is InChI=1S/C18H23ClN2O4/c1-6-12-14(10-20)15(19)9-13(11(2)22)16(12)24-8-7-21-17(23)25-18(3,4)5/h6,9,11,22H,1,7-8H2,2-5H3,(H,21,23). The second kappa shape index (κ2) is 8.75. The minimum atomic E-state index is -0.849. The molecule has 0 fully saturated rings. The van der Waals surface area contributed by atoms with Gasteiger partial charge >= 0.3 is 6.09 Å². The summed E-state index contributed by atoms with van der Waals surface area (Å²) in [5.74, 6) is 0.317. The van der Waals surface area contributed by atoms with Crippen LogP contribution in [0.2, 0.25) is 5.02 Å². The van der Waals surface area contributed by atoms with Crippen molar-refractivity contribution in [3.05, 3.63) is 34.4 Å². The van der Waals surface area contributed by atoms with E-state index in [4.69, 9.17) is 21.1 Å². The number of carbonyl (C=O) groups excluding carboxylic acids is 1. The molecule has 0 bridgehead atoms. The molecule has 0 radical (unpaired) electrons. The molecule has 7 heteroatoms. The lowest BCUT2D eigenvalue weighted by molar-refractivity contribution is 0.0519. The lowest BCUT2D eigenvalue weighted by atomic mass is 9.99. The van der Waals surface area contributed by atoms with Crippen molar-refractivity contribution < 1.29 is 19.4 Å². The molecule has 1 rings (SSSR count). The fraction of sp³-hybridized carbons (Fsp3) is 0.444. The molecule has 0 aliphatic heterocycles. The van der Waals surface area contributed by atoms with E-state index in [1.807, 2.05) is 6.07 Å². The minimum Gasteiger partial charge on any atom is -0.491 e. The maximum Gasteiger partial charge on any atom is 0.407 e. The van der Waals surface area contributed by atoms with Crippen molar-refractivity contribution in [3.8, 4) is 11.8 Å². The summed E-state index contributed by atoms with van der Waals surface area (Å²) in [4.78, 5) is 11.6. The number of alkyl carbamates (subject to hydrolysis) is 1. The SMILES string of the molecule is C=Cc1c(C#N)c(Cl)cc(C(C)O)c1OCCNC(=O)OC(C)(C)C. The van der Waals surface area contributed by atoms with E-state index in [1.165, 1.54) is 12.1 Å². The molecule has 1 amide bonds. The first-order valence-electron chi connectivity index (χ1n) is 7.77. The first-order valence-corrected chi connectivity index (χ1v) is 8.15. The molecule has 0 spiro atoms. The van der Waals surface area contributed by atoms with Gasteiger partial charge in [-0.2, -0.15) is 5.26 Å². The van der Waals surface area contributed by atoms with Crippen LogP contribution in [0.15, 0.2) is 12.6 Å². The summed E-state index contributed by atoms with van der Waals surface area (Å²) in [5, 5.41) is 22.0. The Hall–Kier alpha value is -2.23. The van der Waals surface area contributed by atoms with E-state index in [1.54, 1.807) is 27.7 Å². The third-order valence-electron chi connectivity index (χ3n) is 3.08. The fourth-order valence-corrected chi connectivity index (χ4v) is 2.33. The van der Waals surface area contributed by atoms with Gasteiger partial charge in [0, 0.05) is 11.1 Å². The van der Waals surface area contributed by atoms with E-state index in [0.29, 0.717) is 16.9 Å². The van der Waals surface area contributed by atoms with Crippen LogP contribution in [0.1, 0.15) is 50.5 Å². The number of carbonyl (C=O) groups is 1. The Morgan fingerprint density at radius 2 is 2.20 bits per heavy atom. The highest BCUT2D eigenvalue weighted by molar-refractivity contribution is 6.32. The fourth-order valence-electron chi connectivity index (χ4n) is 2.07. The maximum absolute atomic E-state index is 11.6. The van der Waals surface area contributed by atoms with Crippen LogP contribution < -0.4 is 10.1 Å². The summed E-state index contributed by atoms with van der Waals surface area (Å²) < 4.78 is 10.8. The second-order valence-corrected chi connectivity index (χ2v) is 6.74. The lowest BCUT2D eigenvalue weighted by Crippen LogP contribution is -2.34. The van der Waals surface area contributed by atoms with Crippen LogP contribution >= 0.6 is 11.6 Å². The van der Waals surface area contributed by atoms with Crippen LogP contribution in [0.5, 0.6) is 5.75 Å². The molecule has 1 atom stereocenters. The number of amides is 1. The van der Waals surface area contributed by atoms with Gasteiger partial charge in [-0.3, -0.25) is 0 Å². The number of ether oxygens (including phenoxy) is 2. The summed E-state index contributed by atoms with van der Waals surface area (Å²) in [6, 6.07) is 3.50. The second-order valence-electron chi connectivity index (χ2n) is 6.33. The molecule has 1 unspecified atom stereocenters. The zero-order valence-corrected chi connectivity index (χ0v) is 15.6. The summed E-state index contributed by atoms with van der Waals surface area (Å²) in [6.45, 7) is 10.9. The number of hydrogen-bond acceptors (Lipinski definition) is 5. The molecule has 0 aliphatic carbocycles. The summed E-state index contributed by atoms with van der Waals surface area (Å²) >= 11 is 6.08. The highest BCUT2D eigenvalue weighted by atomic mass is 35.5. The Morgan fingerprint density at radius 3 is 2.68 bits per heavy atom. The van der Waals surface area contributed by atoms with Crippen molar-refractivity contribution in [3.63, 3.8) is 0 Å². The van der Waals surface area contributed by atoms with E-state index in [9.17, 15) is 15.2 Å². The van der Waals surface area contributed by atoms with Gasteiger partial charge < -0.3 is 19.9 Å². The number of halogens is 1. The highest BCUT2D eigenvalue weighted by Gasteiger charge is 2.20. The van der Waals surface area contributed by atoms with Crippen LogP contribution in [0.3, 0.4) is 0 Å². The Morgan fingerprint density at radius 1 is 1.56 bits per heavy atom. The summed E-state index contributed by atoms with van der Waals surface area (Å²) in [6.07, 6.45) is 0.0507. The lowest BCUT2D eigenvalue weighted by Gasteiger charge is -2.20. The predicted octanol–water partition coefficient (Wildman–Crippen LogP) is 3.81. The average Bonchev–Trinajstić information content (AvgIpc) is 2.49. The highest BCUT2D eigenvalue weighted by Crippen LogP contribution is 2.36. The van der Waals surface area contributed by atoms with Gasteiger partial charge in [0.2, 0.25) is 0 Å². The van der Waals surface area contributed by atoms with Crippen LogP contribution in [-0.2, 0) is 4.74 Å². The summed E-state index contributed by atoms with van der Waals surface area (Å²) in [5.41, 5.74) is 0.480. The van der Waals surface area contributed by atoms with Gasteiger partial charge in [-0.05, 0) is 33.8 Å². The first-order chi connectivity index (χ1) is 11.6. The smallest absolute Gasteiger partial charge is 0.407 e. The number of nitrogens with zero attached hydrogens (tertiary/aromatic N) is 1. The number of benzene rings is 1. The number of rotatable bonds is 6. The van der Waals surface area contributed by atoms with Crippen LogP contribution in [0.25, 0.3) is 6.08 Å². The molecule has 25 heavy (non-hydrogen) atoms. The number of aliphatic hydroxyl groups excluding tert-OH is 1. The zero-order valence-electron chi connectivity index (χ0n) is 14.9. The van der Waals surface area contributed by atoms with Gasteiger partial charge in [0.05, 0.1) is 23.2 Å². The molecule has 0 heterocycles. The van der Waals surface area contributed by atoms with Crippen LogP contribution in [-0.4, -0.2) is 30.0 Å². The molecule has 6 nitrogen and oxygen atoms in total. The van der Waals surface area contributed by atoms with Gasteiger partial charge in [0.25, 0.3) is 0 Å². The molecule has 1 aromatic carbocycles. The van der Waals surface area contributed by atoms with Gasteiger partial charge in [-0.15, -0.1) is 0 Å². The topological polar surface area (TPSA) is 91.6 Å². The molecule has 0 saturated heterocycles. The molecular formula is C18H23ClN2O4. The molecule has 0 aromatic heterocycles. The normalized spacial score (nSPS) is 12.0. The number of nitrogens with one attached hydrogen (secondary N) is 1. The van der Waals surface area contributed by atoms with E-state index in [-0.39, 0.29) is 23.7 Å². The van der Waals surface area contributed by atoms with Crippen LogP contribution in [0, 0.1) is 11.3 Å². The van der Waals surface area contributed by atoms with Gasteiger partial charge in [-0.25, -0.2) is 4.79 Å². The van der Waals surface area contributed by atoms with E-state index >= 15 is 0 Å². The molecular weight excluding hydrogens is 344 g/mol. The van der Waals surface area contributed by atoms with E-state index in [0.717, 1.165) is 0 Å². The monoisotopic (exact) mass is 366 g/mol. The zero-order chi connectivity index (χ0) is 19.2. The Balaban J connectivity index is 2.89. The van der Waals surface area contributed by atoms with Crippen molar-refractivity contribution in [1.29, 1.82) is 5.26 Å². The van der Waals surface area contributed by atoms with Gasteiger partial charge in [-0.1, -0.05) is 24.3 Å². The third-order valence-corrected chi connectivity index (χ3v) is 3.38. The van der Waals surface area contributed by atoms with Crippen molar-refractivity contribution in [2.75, 3.05) is 13.2 Å². The van der Waals surface area contributed by atoms with Crippen molar-refractivity contribution in [2.45, 2.75) is 39.4 Å². The minimum absolute atomic E-state index is 0.117. The number of hydrogen-bond donors (Lipinski definition) is 2. The third kappa shape index (κ3) is 5.96. The van der Waals surface area contributed by atoms with Crippen molar-refractivity contribution in [2.24, 2.45) is 0 Å². The first kappa shape index (κ1) is 20.8. The molecule has 136 valence electrons. The number of nitriles is 1. The van der Waals surface area contributed by atoms with Crippen molar-refractivity contribution in [1.82, 2.24) is 5.32 Å². The molecule has 0 saturated carbocycles. The largest absolute Gasteiger partial charge is 0.491 e. The Labute approximate surface area is 153 Å². The summed E-state index contributed by atoms with van der Waals surface area (Å²) in [7, 11) is 0. The Bertz CT molecular complexity index is 688. The number of aliphatic hydroxyl groups is 1. The van der Waals surface area contributed by atoms with Crippen LogP contribution in [0.4, 0.5) is 4.79 Å².